The summed E-state index contributed by atoms with van der Waals surface area (Å²) in [5.41, 5.74) is 1.05. The molecule has 0 N–H and O–H groups in total. The third kappa shape index (κ3) is 3.98. The van der Waals surface area contributed by atoms with Crippen molar-refractivity contribution < 1.29 is 13.0 Å². The van der Waals surface area contributed by atoms with E-state index >= 15 is 0 Å². The van der Waals surface area contributed by atoms with E-state index in [0.717, 1.165) is 5.56 Å². The molecule has 0 aliphatic rings. The smallest absolute Gasteiger partial charge is 0.381 e. The third-order valence-electron chi connectivity index (χ3n) is 2.08. The first-order chi connectivity index (χ1) is 6.72. The zero-order valence-electron chi connectivity index (χ0n) is 8.12. The maximum atomic E-state index is 12.2. The van der Waals surface area contributed by atoms with E-state index in [9.17, 15) is 8.22 Å². The van der Waals surface area contributed by atoms with Crippen molar-refractivity contribution in [1.29, 1.82) is 0 Å². The van der Waals surface area contributed by atoms with Gasteiger partial charge in [0.05, 0.1) is 6.10 Å². The molecule has 0 bridgehead atoms. The largest absolute Gasteiger partial charge is 0.414 e. The lowest BCUT2D eigenvalue weighted by molar-refractivity contribution is 0.115. The highest BCUT2D eigenvalue weighted by molar-refractivity contribution is 6.42. The van der Waals surface area contributed by atoms with Crippen molar-refractivity contribution >= 4 is 9.46 Å². The molecule has 1 unspecified atom stereocenters. The fourth-order valence-electron chi connectivity index (χ4n) is 1.34. The van der Waals surface area contributed by atoms with Crippen molar-refractivity contribution in [3.05, 3.63) is 35.9 Å². The van der Waals surface area contributed by atoms with E-state index in [1.807, 2.05) is 30.3 Å². The molecule has 4 heteroatoms. The van der Waals surface area contributed by atoms with Crippen molar-refractivity contribution in [1.82, 2.24) is 0 Å². The third-order valence-corrected chi connectivity index (χ3v) is 2.96. The molecule has 0 saturated heterocycles. The predicted octanol–water partition coefficient (Wildman–Crippen LogP) is 2.40. The average Bonchev–Trinajstić information content (AvgIpc) is 2.17. The van der Waals surface area contributed by atoms with Crippen LogP contribution in [0.25, 0.3) is 0 Å². The van der Waals surface area contributed by atoms with Gasteiger partial charge in [-0.25, -0.2) is 0 Å². The minimum Gasteiger partial charge on any atom is -0.381 e. The molecule has 78 valence electrons. The van der Waals surface area contributed by atoms with E-state index in [1.165, 1.54) is 7.11 Å². The van der Waals surface area contributed by atoms with E-state index < -0.39 is 9.46 Å². The number of methoxy groups -OCH3 is 1. The molecule has 0 heterocycles. The molecule has 14 heavy (non-hydrogen) atoms. The Morgan fingerprint density at radius 1 is 1.29 bits per heavy atom. The number of ether oxygens (including phenoxy) is 1. The Kier molecular flexibility index (Phi) is 4.76. The highest BCUT2D eigenvalue weighted by atomic mass is 28.4. The summed E-state index contributed by atoms with van der Waals surface area (Å²) in [7, 11) is -2.02. The molecule has 1 nitrogen and oxygen atoms in total. The van der Waals surface area contributed by atoms with Crippen LogP contribution in [0, 0.1) is 0 Å². The quantitative estimate of drug-likeness (QED) is 0.542. The van der Waals surface area contributed by atoms with Crippen molar-refractivity contribution in [2.75, 3.05) is 7.11 Å². The summed E-state index contributed by atoms with van der Waals surface area (Å²) in [5, 5.41) is 0. The van der Waals surface area contributed by atoms with E-state index in [-0.39, 0.29) is 12.1 Å². The van der Waals surface area contributed by atoms with Crippen LogP contribution in [0.15, 0.2) is 30.3 Å². The molecule has 0 fully saturated rings. The van der Waals surface area contributed by atoms with Gasteiger partial charge in [0.15, 0.2) is 0 Å². The second kappa shape index (κ2) is 5.88. The molecular weight excluding hydrogens is 202 g/mol. The summed E-state index contributed by atoms with van der Waals surface area (Å²) in [6.45, 7) is 0. The fraction of sp³-hybridized carbons (Fsp3) is 0.400. The molecule has 0 amide bonds. The van der Waals surface area contributed by atoms with Gasteiger partial charge in [0, 0.05) is 13.2 Å². The maximum Gasteiger partial charge on any atom is 0.414 e. The number of hydrogen-bond acceptors (Lipinski definition) is 1. The van der Waals surface area contributed by atoms with Crippen molar-refractivity contribution in [3.8, 4) is 0 Å². The van der Waals surface area contributed by atoms with Crippen LogP contribution < -0.4 is 0 Å². The molecular formula is C10H14F2OSi. The molecule has 1 atom stereocenters. The second-order valence-corrected chi connectivity index (χ2v) is 4.43. The molecule has 1 aromatic rings. The lowest BCUT2D eigenvalue weighted by Crippen LogP contribution is -2.18. The monoisotopic (exact) mass is 216 g/mol. The standard InChI is InChI=1S/C10H14F2OSi/c1-13-10(8-14(11)12)7-9-5-3-2-4-6-9/h2-6,10,14H,7-8H2,1H3. The van der Waals surface area contributed by atoms with E-state index in [1.54, 1.807) is 0 Å². The van der Waals surface area contributed by atoms with Gasteiger partial charge in [0.2, 0.25) is 0 Å². The lowest BCUT2D eigenvalue weighted by Gasteiger charge is -2.13. The van der Waals surface area contributed by atoms with Crippen LogP contribution >= 0.6 is 0 Å². The first-order valence-corrected chi connectivity index (χ1v) is 6.26. The SMILES string of the molecule is COC(Cc1ccccc1)C[SiH](F)F. The van der Waals surface area contributed by atoms with Crippen LogP contribution in [0.5, 0.6) is 0 Å². The Hall–Kier alpha value is -0.743. The topological polar surface area (TPSA) is 9.23 Å². The molecule has 1 aromatic carbocycles. The van der Waals surface area contributed by atoms with Gasteiger partial charge >= 0.3 is 9.46 Å². The molecule has 0 radical (unpaired) electrons. The molecule has 0 spiro atoms. The van der Waals surface area contributed by atoms with Gasteiger partial charge in [-0.2, -0.15) is 0 Å². The summed E-state index contributed by atoms with van der Waals surface area (Å²) in [6, 6.07) is 9.51. The number of halogens is 2. The van der Waals surface area contributed by atoms with Crippen LogP contribution in [0.1, 0.15) is 5.56 Å². The average molecular weight is 216 g/mol. The number of benzene rings is 1. The molecule has 0 aromatic heterocycles. The van der Waals surface area contributed by atoms with Crippen LogP contribution in [-0.4, -0.2) is 22.7 Å². The van der Waals surface area contributed by atoms with Gasteiger partial charge in [-0.3, -0.25) is 8.22 Å². The van der Waals surface area contributed by atoms with Gasteiger partial charge in [0.1, 0.15) is 0 Å². The van der Waals surface area contributed by atoms with Gasteiger partial charge in [0.25, 0.3) is 0 Å². The predicted molar refractivity (Wildman–Crippen MR) is 55.1 cm³/mol. The fourth-order valence-corrected chi connectivity index (χ4v) is 2.10. The Labute approximate surface area is 84.7 Å². The minimum atomic E-state index is -3.51. The van der Waals surface area contributed by atoms with Gasteiger partial charge in [-0.1, -0.05) is 30.3 Å². The van der Waals surface area contributed by atoms with E-state index in [4.69, 9.17) is 4.74 Å². The molecule has 0 saturated carbocycles. The van der Waals surface area contributed by atoms with Crippen molar-refractivity contribution in [2.45, 2.75) is 18.6 Å². The highest BCUT2D eigenvalue weighted by Crippen LogP contribution is 2.11. The van der Waals surface area contributed by atoms with Gasteiger partial charge in [-0.05, 0) is 12.0 Å². The van der Waals surface area contributed by atoms with Crippen molar-refractivity contribution in [3.63, 3.8) is 0 Å². The maximum absolute atomic E-state index is 12.2. The zero-order valence-corrected chi connectivity index (χ0v) is 9.27. The zero-order chi connectivity index (χ0) is 10.4. The Morgan fingerprint density at radius 3 is 2.43 bits per heavy atom. The van der Waals surface area contributed by atoms with E-state index in [2.05, 4.69) is 0 Å². The summed E-state index contributed by atoms with van der Waals surface area (Å²) < 4.78 is 29.5. The van der Waals surface area contributed by atoms with Crippen LogP contribution in [-0.2, 0) is 11.2 Å². The number of rotatable bonds is 5. The number of hydrogen-bond donors (Lipinski definition) is 0. The Morgan fingerprint density at radius 2 is 1.93 bits per heavy atom. The summed E-state index contributed by atoms with van der Waals surface area (Å²) in [6.07, 6.45) is 0.248. The lowest BCUT2D eigenvalue weighted by atomic mass is 10.1. The van der Waals surface area contributed by atoms with Gasteiger partial charge in [-0.15, -0.1) is 0 Å². The molecule has 1 rings (SSSR count). The second-order valence-electron chi connectivity index (χ2n) is 3.17. The summed E-state index contributed by atoms with van der Waals surface area (Å²) in [5.74, 6) is 0. The first-order valence-electron chi connectivity index (χ1n) is 4.57. The van der Waals surface area contributed by atoms with E-state index in [0.29, 0.717) is 6.42 Å². The van der Waals surface area contributed by atoms with Gasteiger partial charge < -0.3 is 4.74 Å². The normalized spacial score (nSPS) is 13.1. The Bertz CT molecular complexity index is 254. The highest BCUT2D eigenvalue weighted by Gasteiger charge is 2.17. The van der Waals surface area contributed by atoms with Crippen LogP contribution in [0.3, 0.4) is 0 Å². The molecule has 0 aliphatic heterocycles. The Balaban J connectivity index is 2.48. The minimum absolute atomic E-state index is 0.0641. The molecule has 0 aliphatic carbocycles. The first kappa shape index (κ1) is 11.3. The van der Waals surface area contributed by atoms with Crippen molar-refractivity contribution in [2.24, 2.45) is 0 Å². The van der Waals surface area contributed by atoms with Crippen LogP contribution in [0.4, 0.5) is 8.22 Å². The summed E-state index contributed by atoms with van der Waals surface area (Å²) >= 11 is 0. The summed E-state index contributed by atoms with van der Waals surface area (Å²) in [4.78, 5) is 0. The van der Waals surface area contributed by atoms with Crippen LogP contribution in [0.2, 0.25) is 6.04 Å².